The number of hydrogen-bond donors (Lipinski definition) is 1. The van der Waals surface area contributed by atoms with Crippen molar-refractivity contribution in [3.63, 3.8) is 0 Å². The molecular weight excluding hydrogens is 412 g/mol. The molecule has 0 radical (unpaired) electrons. The zero-order valence-electron chi connectivity index (χ0n) is 18.3. The summed E-state index contributed by atoms with van der Waals surface area (Å²) in [6.45, 7) is 5.15. The minimum absolute atomic E-state index is 0.00449. The second-order valence-corrected chi connectivity index (χ2v) is 7.93. The summed E-state index contributed by atoms with van der Waals surface area (Å²) in [7, 11) is 0. The smallest absolute Gasteiger partial charge is 0.338 e. The zero-order valence-corrected chi connectivity index (χ0v) is 18.3. The van der Waals surface area contributed by atoms with Crippen molar-refractivity contribution in [2.45, 2.75) is 33.3 Å². The molecule has 2 aromatic carbocycles. The summed E-state index contributed by atoms with van der Waals surface area (Å²) in [6, 6.07) is 13.7. The standard InChI is InChI=1S/C24H26N2O6/c1-15(2)32-24(30)17-7-9-20(10-8-17)26-13-18(12-22(26)28)23(29)31-14-21(27)25-19-6-4-5-16(3)11-19/h4-11,15,18H,12-14H2,1-3H3,(H,25,27)/t18-/m1/s1. The van der Waals surface area contributed by atoms with Gasteiger partial charge in [0.1, 0.15) is 0 Å². The largest absolute Gasteiger partial charge is 0.459 e. The predicted octanol–water partition coefficient (Wildman–Crippen LogP) is 3.10. The summed E-state index contributed by atoms with van der Waals surface area (Å²) >= 11 is 0. The first-order valence-corrected chi connectivity index (χ1v) is 10.4. The lowest BCUT2D eigenvalue weighted by atomic mass is 10.1. The van der Waals surface area contributed by atoms with Gasteiger partial charge in [0.05, 0.1) is 17.6 Å². The van der Waals surface area contributed by atoms with E-state index >= 15 is 0 Å². The molecule has 1 aliphatic heterocycles. The van der Waals surface area contributed by atoms with E-state index in [-0.39, 0.29) is 25.0 Å². The van der Waals surface area contributed by atoms with Crippen LogP contribution in [0.5, 0.6) is 0 Å². The second-order valence-electron chi connectivity index (χ2n) is 7.93. The van der Waals surface area contributed by atoms with E-state index in [9.17, 15) is 19.2 Å². The highest BCUT2D eigenvalue weighted by atomic mass is 16.5. The van der Waals surface area contributed by atoms with E-state index in [1.807, 2.05) is 19.1 Å². The van der Waals surface area contributed by atoms with Crippen molar-refractivity contribution in [2.75, 3.05) is 23.4 Å². The number of carbonyl (C=O) groups is 4. The summed E-state index contributed by atoms with van der Waals surface area (Å²) in [4.78, 5) is 50.3. The molecule has 1 aliphatic rings. The fraction of sp³-hybridized carbons (Fsp3) is 0.333. The maximum absolute atomic E-state index is 12.4. The van der Waals surface area contributed by atoms with Gasteiger partial charge in [-0.2, -0.15) is 0 Å². The van der Waals surface area contributed by atoms with Crippen LogP contribution in [0.4, 0.5) is 11.4 Å². The van der Waals surface area contributed by atoms with Crippen LogP contribution in [0.15, 0.2) is 48.5 Å². The summed E-state index contributed by atoms with van der Waals surface area (Å²) in [5.41, 5.74) is 2.57. The molecule has 1 N–H and O–H groups in total. The van der Waals surface area contributed by atoms with Crippen molar-refractivity contribution >= 4 is 35.1 Å². The fourth-order valence-electron chi connectivity index (χ4n) is 3.35. The summed E-state index contributed by atoms with van der Waals surface area (Å²) in [5.74, 6) is -2.38. The lowest BCUT2D eigenvalue weighted by molar-refractivity contribution is -0.151. The maximum Gasteiger partial charge on any atom is 0.338 e. The van der Waals surface area contributed by atoms with E-state index in [1.54, 1.807) is 50.2 Å². The van der Waals surface area contributed by atoms with E-state index in [0.717, 1.165) is 5.56 Å². The van der Waals surface area contributed by atoms with Gasteiger partial charge in [0.2, 0.25) is 5.91 Å². The molecular formula is C24H26N2O6. The monoisotopic (exact) mass is 438 g/mol. The van der Waals surface area contributed by atoms with E-state index in [0.29, 0.717) is 16.9 Å². The number of benzene rings is 2. The number of rotatable bonds is 7. The Bertz CT molecular complexity index is 1020. The van der Waals surface area contributed by atoms with Gasteiger partial charge in [-0.25, -0.2) is 4.79 Å². The van der Waals surface area contributed by atoms with Crippen LogP contribution in [0, 0.1) is 12.8 Å². The molecule has 3 rings (SSSR count). The number of hydrogen-bond acceptors (Lipinski definition) is 6. The number of aryl methyl sites for hydroxylation is 1. The number of esters is 2. The molecule has 0 spiro atoms. The van der Waals surface area contributed by atoms with Crippen molar-refractivity contribution in [3.05, 3.63) is 59.7 Å². The molecule has 168 valence electrons. The number of amides is 2. The van der Waals surface area contributed by atoms with E-state index < -0.39 is 30.4 Å². The number of ether oxygens (including phenoxy) is 2. The van der Waals surface area contributed by atoms with Crippen LogP contribution in [0.2, 0.25) is 0 Å². The highest BCUT2D eigenvalue weighted by Crippen LogP contribution is 2.26. The van der Waals surface area contributed by atoms with Crippen LogP contribution in [0.25, 0.3) is 0 Å². The van der Waals surface area contributed by atoms with Crippen molar-refractivity contribution in [3.8, 4) is 0 Å². The molecule has 1 atom stereocenters. The Morgan fingerprint density at radius 2 is 1.84 bits per heavy atom. The molecule has 8 nitrogen and oxygen atoms in total. The van der Waals surface area contributed by atoms with E-state index in [2.05, 4.69) is 5.32 Å². The Morgan fingerprint density at radius 3 is 2.50 bits per heavy atom. The average Bonchev–Trinajstić information content (AvgIpc) is 3.13. The molecule has 8 heteroatoms. The molecule has 1 fully saturated rings. The lowest BCUT2D eigenvalue weighted by Gasteiger charge is -2.17. The third kappa shape index (κ3) is 5.94. The topological polar surface area (TPSA) is 102 Å². The Hall–Kier alpha value is -3.68. The van der Waals surface area contributed by atoms with Crippen LogP contribution in [-0.2, 0) is 23.9 Å². The van der Waals surface area contributed by atoms with Gasteiger partial charge in [-0.05, 0) is 62.7 Å². The molecule has 0 aromatic heterocycles. The number of nitrogens with zero attached hydrogens (tertiary/aromatic N) is 1. The van der Waals surface area contributed by atoms with Gasteiger partial charge in [-0.1, -0.05) is 12.1 Å². The second kappa shape index (κ2) is 10.1. The van der Waals surface area contributed by atoms with Gasteiger partial charge in [-0.3, -0.25) is 14.4 Å². The Kier molecular flexibility index (Phi) is 7.25. The normalized spacial score (nSPS) is 15.6. The SMILES string of the molecule is Cc1cccc(NC(=O)COC(=O)[C@@H]2CC(=O)N(c3ccc(C(=O)OC(C)C)cc3)C2)c1. The van der Waals surface area contributed by atoms with Gasteiger partial charge >= 0.3 is 11.9 Å². The molecule has 1 saturated heterocycles. The minimum atomic E-state index is -0.667. The van der Waals surface area contributed by atoms with Crippen molar-refractivity contribution < 1.29 is 28.7 Å². The third-order valence-corrected chi connectivity index (χ3v) is 4.86. The molecule has 2 amide bonds. The van der Waals surface area contributed by atoms with Crippen molar-refractivity contribution in [2.24, 2.45) is 5.92 Å². The highest BCUT2D eigenvalue weighted by molar-refractivity contribution is 6.00. The summed E-state index contributed by atoms with van der Waals surface area (Å²) in [6.07, 6.45) is -0.233. The predicted molar refractivity (Wildman–Crippen MR) is 118 cm³/mol. The van der Waals surface area contributed by atoms with Crippen LogP contribution < -0.4 is 10.2 Å². The average molecular weight is 438 g/mol. The first kappa shape index (κ1) is 23.0. The van der Waals surface area contributed by atoms with Gasteiger partial charge < -0.3 is 19.7 Å². The van der Waals surface area contributed by atoms with Crippen LogP contribution >= 0.6 is 0 Å². The van der Waals surface area contributed by atoms with Gasteiger partial charge in [0.15, 0.2) is 6.61 Å². The number of nitrogens with one attached hydrogen (secondary N) is 1. The molecule has 0 aliphatic carbocycles. The number of anilines is 2. The Balaban J connectivity index is 1.52. The molecule has 0 bridgehead atoms. The first-order chi connectivity index (χ1) is 15.2. The van der Waals surface area contributed by atoms with Gasteiger partial charge in [0.25, 0.3) is 5.91 Å². The van der Waals surface area contributed by atoms with Gasteiger partial charge in [-0.15, -0.1) is 0 Å². The molecule has 2 aromatic rings. The van der Waals surface area contributed by atoms with Gasteiger partial charge in [0, 0.05) is 24.3 Å². The highest BCUT2D eigenvalue weighted by Gasteiger charge is 2.36. The third-order valence-electron chi connectivity index (χ3n) is 4.86. The quantitative estimate of drug-likeness (QED) is 0.667. The van der Waals surface area contributed by atoms with Crippen molar-refractivity contribution in [1.82, 2.24) is 0 Å². The Labute approximate surface area is 186 Å². The first-order valence-electron chi connectivity index (χ1n) is 10.4. The Morgan fingerprint density at radius 1 is 1.12 bits per heavy atom. The van der Waals surface area contributed by atoms with Crippen LogP contribution in [-0.4, -0.2) is 43.0 Å². The number of carbonyl (C=O) groups excluding carboxylic acids is 4. The van der Waals surface area contributed by atoms with E-state index in [4.69, 9.17) is 9.47 Å². The fourth-order valence-corrected chi connectivity index (χ4v) is 3.35. The minimum Gasteiger partial charge on any atom is -0.459 e. The zero-order chi connectivity index (χ0) is 23.3. The van der Waals surface area contributed by atoms with Crippen LogP contribution in [0.1, 0.15) is 36.2 Å². The van der Waals surface area contributed by atoms with Crippen LogP contribution in [0.3, 0.4) is 0 Å². The maximum atomic E-state index is 12.4. The summed E-state index contributed by atoms with van der Waals surface area (Å²) < 4.78 is 10.3. The molecule has 0 saturated carbocycles. The molecule has 1 heterocycles. The van der Waals surface area contributed by atoms with Crippen molar-refractivity contribution in [1.29, 1.82) is 0 Å². The molecule has 32 heavy (non-hydrogen) atoms. The van der Waals surface area contributed by atoms with E-state index in [1.165, 1.54) is 4.90 Å². The summed E-state index contributed by atoms with van der Waals surface area (Å²) in [5, 5.41) is 2.67. The molecule has 0 unspecified atom stereocenters. The lowest BCUT2D eigenvalue weighted by Crippen LogP contribution is -2.28.